The Morgan fingerprint density at radius 3 is 2.77 bits per heavy atom. The molecule has 1 aliphatic heterocycles. The molecule has 13 heavy (non-hydrogen) atoms. The van der Waals surface area contributed by atoms with E-state index in [4.69, 9.17) is 10.5 Å². The van der Waals surface area contributed by atoms with Crippen LogP contribution in [0.15, 0.2) is 0 Å². The van der Waals surface area contributed by atoms with Crippen molar-refractivity contribution in [2.75, 3.05) is 13.2 Å². The van der Waals surface area contributed by atoms with Crippen LogP contribution in [-0.4, -0.2) is 31.1 Å². The molecule has 0 radical (unpaired) electrons. The average Bonchev–Trinajstić information content (AvgIpc) is 2.15. The number of ether oxygens (including phenoxy) is 1. The number of carbonyl (C=O) groups is 2. The van der Waals surface area contributed by atoms with Crippen molar-refractivity contribution in [2.24, 2.45) is 5.73 Å². The Labute approximate surface area is 76.6 Å². The highest BCUT2D eigenvalue weighted by Gasteiger charge is 2.21. The fourth-order valence-electron chi connectivity index (χ4n) is 1.24. The zero-order chi connectivity index (χ0) is 9.68. The molecule has 1 fully saturated rings. The summed E-state index contributed by atoms with van der Waals surface area (Å²) in [6.07, 6.45) is 2.33. The van der Waals surface area contributed by atoms with Gasteiger partial charge in [-0.1, -0.05) is 0 Å². The fraction of sp³-hybridized carbons (Fsp3) is 0.750. The topological polar surface area (TPSA) is 81.4 Å². The van der Waals surface area contributed by atoms with Crippen molar-refractivity contribution >= 4 is 11.8 Å². The van der Waals surface area contributed by atoms with E-state index in [1.165, 1.54) is 0 Å². The van der Waals surface area contributed by atoms with Gasteiger partial charge < -0.3 is 15.8 Å². The van der Waals surface area contributed by atoms with E-state index < -0.39 is 12.0 Å². The monoisotopic (exact) mass is 186 g/mol. The van der Waals surface area contributed by atoms with Crippen LogP contribution >= 0.6 is 0 Å². The first-order chi connectivity index (χ1) is 6.20. The molecule has 3 N–H and O–H groups in total. The summed E-state index contributed by atoms with van der Waals surface area (Å²) >= 11 is 0. The Bertz CT molecular complexity index is 200. The SMILES string of the molecule is NC(=O)CNC(=O)C1CCCCO1. The van der Waals surface area contributed by atoms with Crippen molar-refractivity contribution in [2.45, 2.75) is 25.4 Å². The van der Waals surface area contributed by atoms with Crippen LogP contribution in [0.5, 0.6) is 0 Å². The molecule has 0 spiro atoms. The summed E-state index contributed by atoms with van der Waals surface area (Å²) in [5.74, 6) is -0.775. The molecule has 0 aromatic carbocycles. The second-order valence-corrected chi connectivity index (χ2v) is 3.04. The molecule has 5 nitrogen and oxygen atoms in total. The minimum Gasteiger partial charge on any atom is -0.368 e. The third kappa shape index (κ3) is 3.42. The lowest BCUT2D eigenvalue weighted by atomic mass is 10.1. The lowest BCUT2D eigenvalue weighted by Crippen LogP contribution is -2.42. The van der Waals surface area contributed by atoms with Gasteiger partial charge in [0.15, 0.2) is 0 Å². The van der Waals surface area contributed by atoms with Crippen molar-refractivity contribution in [1.82, 2.24) is 5.32 Å². The van der Waals surface area contributed by atoms with E-state index in [9.17, 15) is 9.59 Å². The normalized spacial score (nSPS) is 22.3. The van der Waals surface area contributed by atoms with E-state index in [-0.39, 0.29) is 12.5 Å². The number of hydrogen-bond donors (Lipinski definition) is 2. The molecular formula is C8H14N2O3. The van der Waals surface area contributed by atoms with Crippen LogP contribution < -0.4 is 11.1 Å². The smallest absolute Gasteiger partial charge is 0.249 e. The summed E-state index contributed by atoms with van der Waals surface area (Å²) in [4.78, 5) is 21.6. The number of amides is 2. The first-order valence-electron chi connectivity index (χ1n) is 4.38. The number of primary amides is 1. The minimum atomic E-state index is -0.538. The summed E-state index contributed by atoms with van der Waals surface area (Å²) in [5.41, 5.74) is 4.88. The Balaban J connectivity index is 2.25. The van der Waals surface area contributed by atoms with E-state index in [1.54, 1.807) is 0 Å². The standard InChI is InChI=1S/C8H14N2O3/c9-7(11)5-10-8(12)6-3-1-2-4-13-6/h6H,1-5H2,(H2,9,11)(H,10,12). The molecule has 1 rings (SSSR count). The van der Waals surface area contributed by atoms with Crippen LogP contribution in [0.3, 0.4) is 0 Å². The number of nitrogens with one attached hydrogen (secondary N) is 1. The molecule has 5 heteroatoms. The third-order valence-electron chi connectivity index (χ3n) is 1.91. The minimum absolute atomic E-state index is 0.112. The van der Waals surface area contributed by atoms with Crippen molar-refractivity contribution in [3.8, 4) is 0 Å². The molecule has 2 amide bonds. The number of carbonyl (C=O) groups excluding carboxylic acids is 2. The zero-order valence-corrected chi connectivity index (χ0v) is 7.41. The summed E-state index contributed by atoms with van der Waals surface area (Å²) in [6.45, 7) is 0.507. The first-order valence-corrected chi connectivity index (χ1v) is 4.38. The summed E-state index contributed by atoms with van der Waals surface area (Å²) < 4.78 is 5.21. The predicted octanol–water partition coefficient (Wildman–Crippen LogP) is -0.843. The highest BCUT2D eigenvalue weighted by atomic mass is 16.5. The van der Waals surface area contributed by atoms with E-state index in [1.807, 2.05) is 0 Å². The molecule has 0 saturated carbocycles. The summed E-state index contributed by atoms with van der Waals surface area (Å²) in [6, 6.07) is 0. The molecule has 1 unspecified atom stereocenters. The van der Waals surface area contributed by atoms with Gasteiger partial charge in [0.2, 0.25) is 11.8 Å². The van der Waals surface area contributed by atoms with Crippen LogP contribution in [-0.2, 0) is 14.3 Å². The molecule has 0 aliphatic carbocycles. The average molecular weight is 186 g/mol. The molecule has 74 valence electrons. The first kappa shape index (κ1) is 9.98. The van der Waals surface area contributed by atoms with Crippen LogP contribution in [0.1, 0.15) is 19.3 Å². The van der Waals surface area contributed by atoms with Crippen molar-refractivity contribution in [3.63, 3.8) is 0 Å². The van der Waals surface area contributed by atoms with Crippen LogP contribution in [0.4, 0.5) is 0 Å². The van der Waals surface area contributed by atoms with Gasteiger partial charge in [0.1, 0.15) is 6.10 Å². The molecule has 1 atom stereocenters. The van der Waals surface area contributed by atoms with Crippen LogP contribution in [0.2, 0.25) is 0 Å². The Morgan fingerprint density at radius 1 is 1.46 bits per heavy atom. The number of rotatable bonds is 3. The van der Waals surface area contributed by atoms with Gasteiger partial charge >= 0.3 is 0 Å². The largest absolute Gasteiger partial charge is 0.368 e. The van der Waals surface area contributed by atoms with Gasteiger partial charge in [-0.15, -0.1) is 0 Å². The molecule has 0 aromatic rings. The second kappa shape index (κ2) is 4.81. The van der Waals surface area contributed by atoms with Crippen molar-refractivity contribution < 1.29 is 14.3 Å². The maximum Gasteiger partial charge on any atom is 0.249 e. The van der Waals surface area contributed by atoms with Gasteiger partial charge in [-0.3, -0.25) is 9.59 Å². The molecule has 0 aromatic heterocycles. The molecule has 1 aliphatic rings. The Kier molecular flexibility index (Phi) is 3.70. The lowest BCUT2D eigenvalue weighted by molar-refractivity contribution is -0.136. The van der Waals surface area contributed by atoms with Crippen molar-refractivity contribution in [3.05, 3.63) is 0 Å². The zero-order valence-electron chi connectivity index (χ0n) is 7.41. The number of hydrogen-bond acceptors (Lipinski definition) is 3. The Morgan fingerprint density at radius 2 is 2.23 bits per heavy atom. The number of nitrogens with two attached hydrogens (primary N) is 1. The van der Waals surface area contributed by atoms with Crippen LogP contribution in [0.25, 0.3) is 0 Å². The van der Waals surface area contributed by atoms with Gasteiger partial charge in [0.25, 0.3) is 0 Å². The quantitative estimate of drug-likeness (QED) is 0.602. The van der Waals surface area contributed by atoms with E-state index >= 15 is 0 Å². The predicted molar refractivity (Wildman–Crippen MR) is 45.8 cm³/mol. The fourth-order valence-corrected chi connectivity index (χ4v) is 1.24. The van der Waals surface area contributed by atoms with E-state index in [2.05, 4.69) is 5.32 Å². The van der Waals surface area contributed by atoms with Gasteiger partial charge in [-0.05, 0) is 19.3 Å². The third-order valence-corrected chi connectivity index (χ3v) is 1.91. The van der Waals surface area contributed by atoms with Crippen LogP contribution in [0, 0.1) is 0 Å². The molecule has 1 heterocycles. The van der Waals surface area contributed by atoms with Gasteiger partial charge in [-0.25, -0.2) is 0 Å². The molecular weight excluding hydrogens is 172 g/mol. The highest BCUT2D eigenvalue weighted by molar-refractivity contribution is 5.86. The lowest BCUT2D eigenvalue weighted by Gasteiger charge is -2.21. The Hall–Kier alpha value is -1.10. The maximum absolute atomic E-state index is 11.3. The van der Waals surface area contributed by atoms with E-state index in [0.29, 0.717) is 6.61 Å². The van der Waals surface area contributed by atoms with Gasteiger partial charge in [0, 0.05) is 6.61 Å². The molecule has 1 saturated heterocycles. The summed E-state index contributed by atoms with van der Waals surface area (Å²) in [7, 11) is 0. The van der Waals surface area contributed by atoms with Crippen molar-refractivity contribution in [1.29, 1.82) is 0 Å². The van der Waals surface area contributed by atoms with Gasteiger partial charge in [-0.2, -0.15) is 0 Å². The van der Waals surface area contributed by atoms with E-state index in [0.717, 1.165) is 19.3 Å². The summed E-state index contributed by atoms with van der Waals surface area (Å²) in [5, 5.41) is 2.41. The molecule has 0 bridgehead atoms. The maximum atomic E-state index is 11.3. The highest BCUT2D eigenvalue weighted by Crippen LogP contribution is 2.12. The second-order valence-electron chi connectivity index (χ2n) is 3.04. The van der Waals surface area contributed by atoms with Gasteiger partial charge in [0.05, 0.1) is 6.54 Å².